The van der Waals surface area contributed by atoms with Gasteiger partial charge in [-0.3, -0.25) is 4.18 Å². The van der Waals surface area contributed by atoms with E-state index >= 15 is 0 Å². The number of benzene rings is 1. The first kappa shape index (κ1) is 11.9. The van der Waals surface area contributed by atoms with Crippen LogP contribution < -0.4 is 0 Å². The molecule has 4 heteroatoms. The molecule has 0 saturated carbocycles. The second kappa shape index (κ2) is 5.68. The molecule has 0 spiro atoms. The third kappa shape index (κ3) is 6.04. The molecular formula is C11H14O3S. The SMILES string of the molecule is CS(=O)(=O)OCC/C=C/c1ccccc1. The van der Waals surface area contributed by atoms with Crippen molar-refractivity contribution in [3.05, 3.63) is 42.0 Å². The zero-order valence-corrected chi connectivity index (χ0v) is 9.41. The van der Waals surface area contributed by atoms with Gasteiger partial charge in [0.1, 0.15) is 0 Å². The Labute approximate surface area is 90.5 Å². The summed E-state index contributed by atoms with van der Waals surface area (Å²) in [5.41, 5.74) is 1.09. The van der Waals surface area contributed by atoms with E-state index in [9.17, 15) is 8.42 Å². The van der Waals surface area contributed by atoms with E-state index in [2.05, 4.69) is 4.18 Å². The summed E-state index contributed by atoms with van der Waals surface area (Å²) in [5, 5.41) is 0. The first-order chi connectivity index (χ1) is 7.08. The molecule has 0 aliphatic carbocycles. The quantitative estimate of drug-likeness (QED) is 0.570. The molecule has 1 rings (SSSR count). The lowest BCUT2D eigenvalue weighted by Crippen LogP contribution is -2.02. The van der Waals surface area contributed by atoms with E-state index in [1.807, 2.05) is 42.5 Å². The fraction of sp³-hybridized carbons (Fsp3) is 0.273. The molecule has 0 heterocycles. The molecule has 0 aliphatic rings. The highest BCUT2D eigenvalue weighted by Gasteiger charge is 1.98. The van der Waals surface area contributed by atoms with Crippen LogP contribution in [0.5, 0.6) is 0 Å². The minimum atomic E-state index is -3.30. The molecule has 1 aromatic rings. The molecule has 82 valence electrons. The average molecular weight is 226 g/mol. The lowest BCUT2D eigenvalue weighted by atomic mass is 10.2. The van der Waals surface area contributed by atoms with Gasteiger partial charge in [0.05, 0.1) is 12.9 Å². The highest BCUT2D eigenvalue weighted by atomic mass is 32.2. The standard InChI is InChI=1S/C11H14O3S/c1-15(12,13)14-10-6-5-9-11-7-3-2-4-8-11/h2-5,7-9H,6,10H2,1H3/b9-5+. The van der Waals surface area contributed by atoms with Crippen molar-refractivity contribution < 1.29 is 12.6 Å². The maximum absolute atomic E-state index is 10.6. The summed E-state index contributed by atoms with van der Waals surface area (Å²) in [4.78, 5) is 0. The Kier molecular flexibility index (Phi) is 4.52. The minimum Gasteiger partial charge on any atom is -0.270 e. The van der Waals surface area contributed by atoms with Gasteiger partial charge in [0, 0.05) is 0 Å². The van der Waals surface area contributed by atoms with Crippen molar-refractivity contribution in [1.82, 2.24) is 0 Å². The topological polar surface area (TPSA) is 43.4 Å². The molecule has 0 bridgehead atoms. The van der Waals surface area contributed by atoms with E-state index in [0.29, 0.717) is 6.42 Å². The van der Waals surface area contributed by atoms with Gasteiger partial charge in [-0.25, -0.2) is 0 Å². The van der Waals surface area contributed by atoms with E-state index in [1.54, 1.807) is 0 Å². The van der Waals surface area contributed by atoms with Crippen LogP contribution in [0, 0.1) is 0 Å². The molecular weight excluding hydrogens is 212 g/mol. The van der Waals surface area contributed by atoms with E-state index in [4.69, 9.17) is 0 Å². The molecule has 0 atom stereocenters. The minimum absolute atomic E-state index is 0.197. The van der Waals surface area contributed by atoms with Crippen LogP contribution in [0.4, 0.5) is 0 Å². The first-order valence-electron chi connectivity index (χ1n) is 4.64. The normalized spacial score (nSPS) is 12.1. The third-order valence-electron chi connectivity index (χ3n) is 1.69. The Bertz CT molecular complexity index is 407. The van der Waals surface area contributed by atoms with Crippen LogP contribution in [-0.4, -0.2) is 21.3 Å². The van der Waals surface area contributed by atoms with Crippen molar-refractivity contribution in [2.45, 2.75) is 6.42 Å². The lowest BCUT2D eigenvalue weighted by molar-refractivity contribution is 0.329. The molecule has 0 fully saturated rings. The summed E-state index contributed by atoms with van der Waals surface area (Å²) in [6, 6.07) is 9.81. The van der Waals surface area contributed by atoms with Gasteiger partial charge in [-0.05, 0) is 12.0 Å². The van der Waals surface area contributed by atoms with Crippen LogP contribution in [-0.2, 0) is 14.3 Å². The summed E-state index contributed by atoms with van der Waals surface area (Å²) >= 11 is 0. The summed E-state index contributed by atoms with van der Waals surface area (Å²) in [6.07, 6.45) is 5.46. The van der Waals surface area contributed by atoms with Crippen LogP contribution in [0.2, 0.25) is 0 Å². The first-order valence-corrected chi connectivity index (χ1v) is 6.45. The zero-order chi connectivity index (χ0) is 11.1. The van der Waals surface area contributed by atoms with Gasteiger partial charge in [0.25, 0.3) is 10.1 Å². The van der Waals surface area contributed by atoms with E-state index < -0.39 is 10.1 Å². The molecule has 0 aromatic heterocycles. The maximum atomic E-state index is 10.6. The van der Waals surface area contributed by atoms with Gasteiger partial charge >= 0.3 is 0 Å². The fourth-order valence-corrected chi connectivity index (χ4v) is 1.45. The predicted octanol–water partition coefficient (Wildman–Crippen LogP) is 2.07. The van der Waals surface area contributed by atoms with Crippen molar-refractivity contribution in [3.8, 4) is 0 Å². The fourth-order valence-electron chi connectivity index (χ4n) is 1.05. The van der Waals surface area contributed by atoms with Gasteiger partial charge in [-0.1, -0.05) is 42.5 Å². The second-order valence-corrected chi connectivity index (χ2v) is 4.77. The monoisotopic (exact) mass is 226 g/mol. The zero-order valence-electron chi connectivity index (χ0n) is 8.59. The van der Waals surface area contributed by atoms with Crippen LogP contribution in [0.1, 0.15) is 12.0 Å². The van der Waals surface area contributed by atoms with Crippen LogP contribution in [0.3, 0.4) is 0 Å². The molecule has 3 nitrogen and oxygen atoms in total. The highest BCUT2D eigenvalue weighted by molar-refractivity contribution is 7.85. The van der Waals surface area contributed by atoms with Gasteiger partial charge in [-0.2, -0.15) is 8.42 Å². The maximum Gasteiger partial charge on any atom is 0.264 e. The summed E-state index contributed by atoms with van der Waals surface area (Å²) in [5.74, 6) is 0. The molecule has 15 heavy (non-hydrogen) atoms. The Balaban J connectivity index is 2.30. The number of hydrogen-bond donors (Lipinski definition) is 0. The Morgan fingerprint density at radius 1 is 1.27 bits per heavy atom. The average Bonchev–Trinajstić information content (AvgIpc) is 2.17. The van der Waals surface area contributed by atoms with E-state index in [0.717, 1.165) is 11.8 Å². The lowest BCUT2D eigenvalue weighted by Gasteiger charge is -1.96. The van der Waals surface area contributed by atoms with Crippen LogP contribution >= 0.6 is 0 Å². The van der Waals surface area contributed by atoms with Gasteiger partial charge in [-0.15, -0.1) is 0 Å². The van der Waals surface area contributed by atoms with Crippen molar-refractivity contribution >= 4 is 16.2 Å². The van der Waals surface area contributed by atoms with Crippen molar-refractivity contribution in [2.75, 3.05) is 12.9 Å². The van der Waals surface area contributed by atoms with Crippen molar-refractivity contribution in [3.63, 3.8) is 0 Å². The highest BCUT2D eigenvalue weighted by Crippen LogP contribution is 2.02. The van der Waals surface area contributed by atoms with Gasteiger partial charge in [0.2, 0.25) is 0 Å². The van der Waals surface area contributed by atoms with Crippen molar-refractivity contribution in [1.29, 1.82) is 0 Å². The molecule has 0 aliphatic heterocycles. The summed E-state index contributed by atoms with van der Waals surface area (Å²) < 4.78 is 25.8. The molecule has 0 amide bonds. The Hall–Kier alpha value is -1.13. The van der Waals surface area contributed by atoms with Crippen LogP contribution in [0.25, 0.3) is 6.08 Å². The third-order valence-corrected chi connectivity index (χ3v) is 2.29. The molecule has 1 aromatic carbocycles. The number of rotatable bonds is 5. The largest absolute Gasteiger partial charge is 0.270 e. The Morgan fingerprint density at radius 3 is 2.53 bits per heavy atom. The van der Waals surface area contributed by atoms with Crippen molar-refractivity contribution in [2.24, 2.45) is 0 Å². The molecule has 0 unspecified atom stereocenters. The smallest absolute Gasteiger partial charge is 0.264 e. The number of hydrogen-bond acceptors (Lipinski definition) is 3. The summed E-state index contributed by atoms with van der Waals surface area (Å²) in [7, 11) is -3.30. The second-order valence-electron chi connectivity index (χ2n) is 3.13. The van der Waals surface area contributed by atoms with E-state index in [-0.39, 0.29) is 6.61 Å². The molecule has 0 N–H and O–H groups in total. The summed E-state index contributed by atoms with van der Waals surface area (Å²) in [6.45, 7) is 0.197. The predicted molar refractivity (Wildman–Crippen MR) is 60.9 cm³/mol. The van der Waals surface area contributed by atoms with Gasteiger partial charge < -0.3 is 0 Å². The molecule has 0 radical (unpaired) electrons. The Morgan fingerprint density at radius 2 is 1.93 bits per heavy atom. The van der Waals surface area contributed by atoms with E-state index in [1.165, 1.54) is 0 Å². The van der Waals surface area contributed by atoms with Crippen LogP contribution in [0.15, 0.2) is 36.4 Å². The van der Waals surface area contributed by atoms with Gasteiger partial charge in [0.15, 0.2) is 0 Å². The molecule has 0 saturated heterocycles.